The van der Waals surface area contributed by atoms with Gasteiger partial charge in [-0.2, -0.15) is 0 Å². The summed E-state index contributed by atoms with van der Waals surface area (Å²) in [7, 11) is 0. The van der Waals surface area contributed by atoms with E-state index in [1.165, 1.54) is 6.92 Å². The van der Waals surface area contributed by atoms with Crippen LogP contribution in [0.4, 0.5) is 0 Å². The van der Waals surface area contributed by atoms with Gasteiger partial charge in [0.05, 0.1) is 6.61 Å². The van der Waals surface area contributed by atoms with Gasteiger partial charge in [0.2, 0.25) is 5.78 Å². The number of carbonyl (C=O) groups is 3. The van der Waals surface area contributed by atoms with Crippen LogP contribution in [0.3, 0.4) is 0 Å². The van der Waals surface area contributed by atoms with Crippen molar-refractivity contribution < 1.29 is 23.9 Å². The van der Waals surface area contributed by atoms with Gasteiger partial charge in [0, 0.05) is 5.56 Å². The van der Waals surface area contributed by atoms with E-state index in [4.69, 9.17) is 9.47 Å². The van der Waals surface area contributed by atoms with E-state index in [1.807, 2.05) is 0 Å². The predicted molar refractivity (Wildman–Crippen MR) is 65.7 cm³/mol. The van der Waals surface area contributed by atoms with Gasteiger partial charge in [0.15, 0.2) is 11.9 Å². The minimum atomic E-state index is -1.79. The lowest BCUT2D eigenvalue weighted by Crippen LogP contribution is -2.40. The number of benzene rings is 1. The number of ether oxygens (including phenoxy) is 2. The zero-order valence-corrected chi connectivity index (χ0v) is 10.7. The molecule has 1 saturated heterocycles. The highest BCUT2D eigenvalue weighted by Crippen LogP contribution is 2.41. The summed E-state index contributed by atoms with van der Waals surface area (Å²) in [6, 6.07) is 8.25. The Morgan fingerprint density at radius 3 is 2.37 bits per heavy atom. The number of hydrogen-bond donors (Lipinski definition) is 0. The molecular weight excluding hydrogens is 248 g/mol. The third-order valence-electron chi connectivity index (χ3n) is 2.94. The van der Waals surface area contributed by atoms with E-state index in [1.54, 1.807) is 37.3 Å². The number of carbonyl (C=O) groups excluding carboxylic acids is 3. The maximum Gasteiger partial charge on any atom is 0.350 e. The summed E-state index contributed by atoms with van der Waals surface area (Å²) in [5, 5.41) is 0. The minimum Gasteiger partial charge on any atom is -0.463 e. The first-order chi connectivity index (χ1) is 9.04. The Balaban J connectivity index is 2.33. The van der Waals surface area contributed by atoms with Crippen LogP contribution in [-0.4, -0.2) is 35.8 Å². The van der Waals surface area contributed by atoms with Crippen LogP contribution >= 0.6 is 0 Å². The van der Waals surface area contributed by atoms with E-state index < -0.39 is 23.5 Å². The summed E-state index contributed by atoms with van der Waals surface area (Å²) >= 11 is 0. The summed E-state index contributed by atoms with van der Waals surface area (Å²) in [5.41, 5.74) is -1.47. The maximum atomic E-state index is 12.4. The number of rotatable bonds is 5. The monoisotopic (exact) mass is 262 g/mol. The first-order valence-electron chi connectivity index (χ1n) is 5.99. The molecule has 0 radical (unpaired) electrons. The van der Waals surface area contributed by atoms with Crippen LogP contribution < -0.4 is 0 Å². The third kappa shape index (κ3) is 2.17. The molecule has 0 unspecified atom stereocenters. The molecule has 100 valence electrons. The Morgan fingerprint density at radius 1 is 1.26 bits per heavy atom. The second-order valence-electron chi connectivity index (χ2n) is 4.26. The normalized spacial score (nSPS) is 24.6. The van der Waals surface area contributed by atoms with Crippen LogP contribution in [-0.2, 0) is 19.1 Å². The van der Waals surface area contributed by atoms with Gasteiger partial charge in [0.1, 0.15) is 0 Å². The number of esters is 1. The Morgan fingerprint density at radius 2 is 1.89 bits per heavy atom. The molecule has 2 atom stereocenters. The van der Waals surface area contributed by atoms with E-state index in [0.717, 1.165) is 0 Å². The second-order valence-corrected chi connectivity index (χ2v) is 4.26. The highest BCUT2D eigenvalue weighted by Gasteiger charge is 2.71. The van der Waals surface area contributed by atoms with Crippen molar-refractivity contribution in [2.75, 3.05) is 6.61 Å². The van der Waals surface area contributed by atoms with Crippen LogP contribution in [0.5, 0.6) is 0 Å². The zero-order valence-electron chi connectivity index (χ0n) is 10.7. The highest BCUT2D eigenvalue weighted by atomic mass is 16.7. The maximum absolute atomic E-state index is 12.4. The predicted octanol–water partition coefficient (Wildman–Crippen LogP) is 1.16. The molecule has 0 amide bonds. The summed E-state index contributed by atoms with van der Waals surface area (Å²) in [4.78, 5) is 35.7. The lowest BCUT2D eigenvalue weighted by molar-refractivity contribution is -0.147. The Bertz CT molecular complexity index is 522. The second kappa shape index (κ2) is 4.93. The van der Waals surface area contributed by atoms with E-state index in [0.29, 0.717) is 5.56 Å². The summed E-state index contributed by atoms with van der Waals surface area (Å²) in [6.45, 7) is 3.03. The van der Waals surface area contributed by atoms with Crippen molar-refractivity contribution in [1.29, 1.82) is 0 Å². The van der Waals surface area contributed by atoms with E-state index in [-0.39, 0.29) is 12.4 Å². The molecule has 0 N–H and O–H groups in total. The first-order valence-corrected chi connectivity index (χ1v) is 5.99. The fraction of sp³-hybridized carbons (Fsp3) is 0.357. The molecule has 2 rings (SSSR count). The third-order valence-corrected chi connectivity index (χ3v) is 2.94. The Hall–Kier alpha value is -2.01. The van der Waals surface area contributed by atoms with Crippen molar-refractivity contribution in [3.63, 3.8) is 0 Å². The van der Waals surface area contributed by atoms with Gasteiger partial charge in [-0.05, 0) is 13.8 Å². The molecule has 1 fully saturated rings. The van der Waals surface area contributed by atoms with E-state index in [2.05, 4.69) is 0 Å². The van der Waals surface area contributed by atoms with Crippen LogP contribution in [0.1, 0.15) is 24.2 Å². The molecule has 19 heavy (non-hydrogen) atoms. The van der Waals surface area contributed by atoms with Crippen molar-refractivity contribution in [3.8, 4) is 0 Å². The summed E-state index contributed by atoms with van der Waals surface area (Å²) in [5.74, 6) is -1.70. The molecule has 0 bridgehead atoms. The number of hydrogen-bond acceptors (Lipinski definition) is 5. The molecule has 5 heteroatoms. The molecule has 1 aliphatic heterocycles. The van der Waals surface area contributed by atoms with E-state index >= 15 is 0 Å². The molecule has 0 aromatic heterocycles. The number of ketones is 2. The molecule has 0 spiro atoms. The van der Waals surface area contributed by atoms with Crippen molar-refractivity contribution in [3.05, 3.63) is 35.9 Å². The Labute approximate surface area is 110 Å². The largest absolute Gasteiger partial charge is 0.463 e. The smallest absolute Gasteiger partial charge is 0.350 e. The molecule has 0 saturated carbocycles. The average Bonchev–Trinajstić information content (AvgIpc) is 3.16. The Kier molecular flexibility index (Phi) is 3.48. The zero-order chi connectivity index (χ0) is 14.0. The number of Topliss-reactive ketones (excluding diaryl/α,β-unsaturated/α-hetero) is 2. The highest BCUT2D eigenvalue weighted by molar-refractivity contribution is 6.22. The molecule has 1 heterocycles. The summed E-state index contributed by atoms with van der Waals surface area (Å²) < 4.78 is 9.98. The number of epoxide rings is 1. The van der Waals surface area contributed by atoms with Crippen molar-refractivity contribution in [1.82, 2.24) is 0 Å². The molecule has 1 aromatic carbocycles. The minimum absolute atomic E-state index is 0.122. The van der Waals surface area contributed by atoms with Gasteiger partial charge >= 0.3 is 5.97 Å². The van der Waals surface area contributed by atoms with Gasteiger partial charge in [-0.15, -0.1) is 0 Å². The van der Waals surface area contributed by atoms with Crippen LogP contribution in [0.2, 0.25) is 0 Å². The fourth-order valence-electron chi connectivity index (χ4n) is 1.98. The quantitative estimate of drug-likeness (QED) is 0.344. The lowest BCUT2D eigenvalue weighted by atomic mass is 9.93. The van der Waals surface area contributed by atoms with Gasteiger partial charge in [-0.1, -0.05) is 30.3 Å². The van der Waals surface area contributed by atoms with Crippen LogP contribution in [0, 0.1) is 0 Å². The van der Waals surface area contributed by atoms with Gasteiger partial charge in [-0.25, -0.2) is 4.79 Å². The lowest BCUT2D eigenvalue weighted by Gasteiger charge is -2.10. The average molecular weight is 262 g/mol. The van der Waals surface area contributed by atoms with Crippen LogP contribution in [0.15, 0.2) is 30.3 Å². The van der Waals surface area contributed by atoms with Crippen LogP contribution in [0.25, 0.3) is 0 Å². The molecule has 5 nitrogen and oxygen atoms in total. The van der Waals surface area contributed by atoms with Gasteiger partial charge in [-0.3, -0.25) is 9.59 Å². The standard InChI is InChI=1S/C14H14O5/c1-3-18-13(17)14(12(19-14)9(2)15)11(16)10-7-5-4-6-8-10/h4-8,12H,3H2,1-2H3/t12-,14+/m1/s1. The topological polar surface area (TPSA) is 73.0 Å². The molecule has 0 aliphatic carbocycles. The molecule has 1 aliphatic rings. The van der Waals surface area contributed by atoms with Gasteiger partial charge in [0.25, 0.3) is 5.60 Å². The molecular formula is C14H14O5. The summed E-state index contributed by atoms with van der Waals surface area (Å²) in [6.07, 6.45) is -1.04. The SMILES string of the molecule is CCOC(=O)[C@@]1(C(=O)c2ccccc2)O[C@@H]1C(C)=O. The van der Waals surface area contributed by atoms with Crippen molar-refractivity contribution >= 4 is 17.5 Å². The first kappa shape index (κ1) is 13.4. The van der Waals surface area contributed by atoms with Crippen molar-refractivity contribution in [2.24, 2.45) is 0 Å². The van der Waals surface area contributed by atoms with E-state index in [9.17, 15) is 14.4 Å². The molecule has 1 aromatic rings. The fourth-order valence-corrected chi connectivity index (χ4v) is 1.98. The van der Waals surface area contributed by atoms with Crippen molar-refractivity contribution in [2.45, 2.75) is 25.6 Å². The van der Waals surface area contributed by atoms with Gasteiger partial charge < -0.3 is 9.47 Å².